The summed E-state index contributed by atoms with van der Waals surface area (Å²) >= 11 is 0. The van der Waals surface area contributed by atoms with E-state index in [4.69, 9.17) is 0 Å². The van der Waals surface area contributed by atoms with Gasteiger partial charge in [0, 0.05) is 0 Å². The number of aryl methyl sites for hydroxylation is 2. The molecule has 0 bridgehead atoms. The molecule has 1 nitrogen and oxygen atoms in total. The number of rotatable bonds is 9. The molecule has 1 aromatic carbocycles. The topological polar surface area (TPSA) is 20.2 Å². The third-order valence-electron chi connectivity index (χ3n) is 5.78. The second-order valence-corrected chi connectivity index (χ2v) is 8.49. The van der Waals surface area contributed by atoms with Gasteiger partial charge in [-0.15, -0.1) is 0 Å². The van der Waals surface area contributed by atoms with Crippen molar-refractivity contribution >= 4 is 0 Å². The van der Waals surface area contributed by atoms with E-state index < -0.39 is 0 Å². The summed E-state index contributed by atoms with van der Waals surface area (Å²) in [5.74, 6) is 0.422. The highest BCUT2D eigenvalue weighted by Crippen LogP contribution is 2.49. The fourth-order valence-electron chi connectivity index (χ4n) is 3.19. The highest BCUT2D eigenvalue weighted by atomic mass is 16.3. The molecule has 2 rings (SSSR count). The van der Waals surface area contributed by atoms with Gasteiger partial charge in [0.05, 0.1) is 0 Å². The van der Waals surface area contributed by atoms with Crippen LogP contribution in [0, 0.1) is 10.8 Å². The van der Waals surface area contributed by atoms with Gasteiger partial charge in [0.1, 0.15) is 5.75 Å². The number of phenolic OH excluding ortho intramolecular Hbond substituents is 1. The molecule has 0 aliphatic heterocycles. The Morgan fingerprint density at radius 2 is 1.77 bits per heavy atom. The maximum atomic E-state index is 9.80. The van der Waals surface area contributed by atoms with E-state index in [0.717, 1.165) is 12.8 Å². The highest BCUT2D eigenvalue weighted by Gasteiger charge is 2.36. The third-order valence-corrected chi connectivity index (χ3v) is 5.78. The summed E-state index contributed by atoms with van der Waals surface area (Å²) in [7, 11) is 0. The van der Waals surface area contributed by atoms with Crippen molar-refractivity contribution < 1.29 is 5.11 Å². The molecule has 0 aromatic heterocycles. The summed E-state index contributed by atoms with van der Waals surface area (Å²) in [5, 5.41) is 9.80. The zero-order valence-corrected chi connectivity index (χ0v) is 15.0. The van der Waals surface area contributed by atoms with Crippen LogP contribution in [0.15, 0.2) is 18.2 Å². The average molecular weight is 303 g/mol. The zero-order valence-electron chi connectivity index (χ0n) is 15.0. The molecular formula is C21H34O. The Bertz CT molecular complexity index is 483. The lowest BCUT2D eigenvalue weighted by Gasteiger charge is -2.22. The van der Waals surface area contributed by atoms with E-state index in [1.54, 1.807) is 0 Å². The van der Waals surface area contributed by atoms with Crippen molar-refractivity contribution in [2.24, 2.45) is 10.8 Å². The lowest BCUT2D eigenvalue weighted by molar-refractivity contribution is 0.313. The zero-order chi connectivity index (χ0) is 16.2. The van der Waals surface area contributed by atoms with Crippen molar-refractivity contribution in [1.82, 2.24) is 0 Å². The molecule has 22 heavy (non-hydrogen) atoms. The molecule has 0 atom stereocenters. The van der Waals surface area contributed by atoms with Crippen LogP contribution in [-0.2, 0) is 12.8 Å². The quantitative estimate of drug-likeness (QED) is 0.569. The van der Waals surface area contributed by atoms with E-state index in [2.05, 4.69) is 33.8 Å². The van der Waals surface area contributed by atoms with E-state index in [-0.39, 0.29) is 0 Å². The second-order valence-electron chi connectivity index (χ2n) is 8.49. The molecule has 1 heteroatoms. The van der Waals surface area contributed by atoms with Gasteiger partial charge in [-0.25, -0.2) is 0 Å². The first-order valence-corrected chi connectivity index (χ1v) is 9.14. The molecule has 1 fully saturated rings. The Morgan fingerprint density at radius 1 is 1.09 bits per heavy atom. The van der Waals surface area contributed by atoms with Crippen LogP contribution in [0.25, 0.3) is 0 Å². The van der Waals surface area contributed by atoms with E-state index in [0.29, 0.717) is 16.6 Å². The Kier molecular flexibility index (Phi) is 5.58. The minimum absolute atomic E-state index is 0.422. The summed E-state index contributed by atoms with van der Waals surface area (Å²) in [6.07, 6.45) is 11.5. The van der Waals surface area contributed by atoms with Crippen molar-refractivity contribution in [2.75, 3.05) is 0 Å². The summed E-state index contributed by atoms with van der Waals surface area (Å²) in [4.78, 5) is 0. The van der Waals surface area contributed by atoms with Crippen LogP contribution >= 0.6 is 0 Å². The first-order valence-electron chi connectivity index (χ1n) is 9.14. The maximum Gasteiger partial charge on any atom is 0.115 e. The van der Waals surface area contributed by atoms with Gasteiger partial charge < -0.3 is 5.11 Å². The van der Waals surface area contributed by atoms with Crippen molar-refractivity contribution in [2.45, 2.75) is 85.5 Å². The normalized spacial score (nSPS) is 16.7. The molecule has 1 aromatic rings. The Morgan fingerprint density at radius 3 is 2.41 bits per heavy atom. The monoisotopic (exact) mass is 302 g/mol. The number of hydrogen-bond donors (Lipinski definition) is 1. The minimum Gasteiger partial charge on any atom is -0.508 e. The highest BCUT2D eigenvalue weighted by molar-refractivity contribution is 5.35. The van der Waals surface area contributed by atoms with E-state index >= 15 is 0 Å². The van der Waals surface area contributed by atoms with Gasteiger partial charge in [-0.1, -0.05) is 40.2 Å². The van der Waals surface area contributed by atoms with Crippen LogP contribution in [0.4, 0.5) is 0 Å². The largest absolute Gasteiger partial charge is 0.508 e. The van der Waals surface area contributed by atoms with Gasteiger partial charge in [0.2, 0.25) is 0 Å². The lowest BCUT2D eigenvalue weighted by Crippen LogP contribution is -2.10. The SMILES string of the molecule is CCC(C)(C)CCCc1ccc(O)cc1CCCC1(C)CC1. The average Bonchev–Trinajstić information content (AvgIpc) is 3.19. The van der Waals surface area contributed by atoms with Crippen LogP contribution in [0.5, 0.6) is 5.75 Å². The molecule has 0 spiro atoms. The molecule has 124 valence electrons. The summed E-state index contributed by atoms with van der Waals surface area (Å²) in [6, 6.07) is 5.99. The Balaban J connectivity index is 1.88. The van der Waals surface area contributed by atoms with Gasteiger partial charge in [0.15, 0.2) is 0 Å². The van der Waals surface area contributed by atoms with Crippen molar-refractivity contribution in [3.8, 4) is 5.75 Å². The molecule has 0 heterocycles. The minimum atomic E-state index is 0.422. The molecule has 0 amide bonds. The summed E-state index contributed by atoms with van der Waals surface area (Å²) in [6.45, 7) is 9.41. The van der Waals surface area contributed by atoms with Crippen LogP contribution < -0.4 is 0 Å². The fourth-order valence-corrected chi connectivity index (χ4v) is 3.19. The van der Waals surface area contributed by atoms with Crippen LogP contribution in [0.2, 0.25) is 0 Å². The fraction of sp³-hybridized carbons (Fsp3) is 0.714. The maximum absolute atomic E-state index is 9.80. The Labute approximate surface area is 137 Å². The lowest BCUT2D eigenvalue weighted by atomic mass is 9.83. The van der Waals surface area contributed by atoms with Gasteiger partial charge in [0.25, 0.3) is 0 Å². The third kappa shape index (κ3) is 5.34. The van der Waals surface area contributed by atoms with E-state index in [1.165, 1.54) is 56.1 Å². The number of hydrogen-bond acceptors (Lipinski definition) is 1. The molecule has 1 aliphatic rings. The summed E-state index contributed by atoms with van der Waals surface area (Å²) in [5.41, 5.74) is 3.92. The molecule has 1 aliphatic carbocycles. The van der Waals surface area contributed by atoms with Crippen molar-refractivity contribution in [3.63, 3.8) is 0 Å². The molecule has 1 saturated carbocycles. The molecular weight excluding hydrogens is 268 g/mol. The van der Waals surface area contributed by atoms with Crippen LogP contribution in [-0.4, -0.2) is 5.11 Å². The summed E-state index contributed by atoms with van der Waals surface area (Å²) < 4.78 is 0. The van der Waals surface area contributed by atoms with Gasteiger partial charge in [-0.2, -0.15) is 0 Å². The first-order chi connectivity index (χ1) is 10.3. The number of benzene rings is 1. The number of phenols is 1. The predicted octanol–water partition coefficient (Wildman–Crippen LogP) is 6.27. The van der Waals surface area contributed by atoms with Crippen molar-refractivity contribution in [1.29, 1.82) is 0 Å². The standard InChI is InChI=1S/C21H34O/c1-5-20(2,3)12-6-8-17-10-11-19(22)16-18(17)9-7-13-21(4)14-15-21/h10-11,16,22H,5-9,12-15H2,1-4H3. The van der Waals surface area contributed by atoms with E-state index in [1.807, 2.05) is 12.1 Å². The van der Waals surface area contributed by atoms with Crippen molar-refractivity contribution in [3.05, 3.63) is 29.3 Å². The Hall–Kier alpha value is -0.980. The molecule has 1 N–H and O–H groups in total. The van der Waals surface area contributed by atoms with E-state index in [9.17, 15) is 5.11 Å². The molecule has 0 unspecified atom stereocenters. The molecule has 0 radical (unpaired) electrons. The molecule has 0 saturated heterocycles. The number of aromatic hydroxyl groups is 1. The van der Waals surface area contributed by atoms with Gasteiger partial charge in [-0.3, -0.25) is 0 Å². The predicted molar refractivity (Wildman–Crippen MR) is 95.4 cm³/mol. The van der Waals surface area contributed by atoms with Gasteiger partial charge >= 0.3 is 0 Å². The van der Waals surface area contributed by atoms with Crippen LogP contribution in [0.1, 0.15) is 83.8 Å². The van der Waals surface area contributed by atoms with Gasteiger partial charge in [-0.05, 0) is 85.5 Å². The van der Waals surface area contributed by atoms with Crippen LogP contribution in [0.3, 0.4) is 0 Å². The smallest absolute Gasteiger partial charge is 0.115 e. The second kappa shape index (κ2) is 7.06. The first kappa shape index (κ1) is 17.4.